The summed E-state index contributed by atoms with van der Waals surface area (Å²) in [5, 5.41) is 6.16. The molecule has 6 aromatic carbocycles. The molecule has 10 rings (SSSR count). The molecule has 0 saturated carbocycles. The Hall–Kier alpha value is -6.20. The van der Waals surface area contributed by atoms with Gasteiger partial charge in [-0.25, -0.2) is 9.97 Å². The lowest BCUT2D eigenvalue weighted by Crippen LogP contribution is -1.99. The molecule has 0 N–H and O–H groups in total. The Morgan fingerprint density at radius 2 is 0.867 bits per heavy atom. The van der Waals surface area contributed by atoms with E-state index in [4.69, 9.17) is 0 Å². The predicted molar refractivity (Wildman–Crippen MR) is 185 cm³/mol. The zero-order valence-corrected chi connectivity index (χ0v) is 24.2. The number of benzene rings is 6. The van der Waals surface area contributed by atoms with Gasteiger partial charge in [-0.05, 0) is 60.7 Å². The molecule has 5 nitrogen and oxygen atoms in total. The van der Waals surface area contributed by atoms with Crippen LogP contribution in [0.5, 0.6) is 0 Å². The summed E-state index contributed by atoms with van der Waals surface area (Å²) in [6, 6.07) is 50.0. The minimum absolute atomic E-state index is 0.958. The molecule has 0 saturated heterocycles. The molecule has 0 radical (unpaired) electrons. The predicted octanol–water partition coefficient (Wildman–Crippen LogP) is 9.77. The van der Waals surface area contributed by atoms with Crippen molar-refractivity contribution in [3.8, 4) is 17.1 Å². The lowest BCUT2D eigenvalue weighted by molar-refractivity contribution is 1.12. The van der Waals surface area contributed by atoms with Gasteiger partial charge in [0.2, 0.25) is 0 Å². The molecular formula is C40H25N5. The minimum atomic E-state index is 0.958. The van der Waals surface area contributed by atoms with Gasteiger partial charge in [0, 0.05) is 44.0 Å². The van der Waals surface area contributed by atoms with Gasteiger partial charge >= 0.3 is 0 Å². The normalized spacial score (nSPS) is 12.0. The van der Waals surface area contributed by atoms with Gasteiger partial charge < -0.3 is 13.7 Å². The second kappa shape index (κ2) is 9.15. The largest absolute Gasteiger partial charge is 0.309 e. The van der Waals surface area contributed by atoms with E-state index in [1.807, 2.05) is 6.20 Å². The summed E-state index contributed by atoms with van der Waals surface area (Å²) >= 11 is 0. The zero-order valence-electron chi connectivity index (χ0n) is 24.2. The van der Waals surface area contributed by atoms with Gasteiger partial charge in [0.25, 0.3) is 0 Å². The Bertz CT molecular complexity index is 2710. The smallest absolute Gasteiger partial charge is 0.116 e. The van der Waals surface area contributed by atoms with Gasteiger partial charge in [-0.2, -0.15) is 0 Å². The lowest BCUT2D eigenvalue weighted by Gasteiger charge is -2.12. The molecule has 0 amide bonds. The Morgan fingerprint density at radius 1 is 0.378 bits per heavy atom. The Morgan fingerprint density at radius 3 is 1.51 bits per heavy atom. The SMILES string of the molecule is c1ccc(-n2c3ccccc3c3c4c5ccccc5n(-c5cccc(-n6c7ccccc7c7ncncc76)c5)c4ccc32)cc1. The van der Waals surface area contributed by atoms with Crippen LogP contribution in [0.1, 0.15) is 0 Å². The van der Waals surface area contributed by atoms with Crippen LogP contribution >= 0.6 is 0 Å². The van der Waals surface area contributed by atoms with Crippen molar-refractivity contribution in [3.05, 3.63) is 152 Å². The maximum absolute atomic E-state index is 4.65. The van der Waals surface area contributed by atoms with Gasteiger partial charge in [0.05, 0.1) is 44.8 Å². The first-order valence-corrected chi connectivity index (χ1v) is 15.2. The molecule has 0 unspecified atom stereocenters. The number of aromatic nitrogens is 5. The van der Waals surface area contributed by atoms with Crippen molar-refractivity contribution >= 4 is 65.5 Å². The van der Waals surface area contributed by atoms with Crippen molar-refractivity contribution in [2.45, 2.75) is 0 Å². The fourth-order valence-electron chi connectivity index (χ4n) is 7.39. The molecule has 0 aliphatic rings. The molecular weight excluding hydrogens is 550 g/mol. The summed E-state index contributed by atoms with van der Waals surface area (Å²) in [5.74, 6) is 0. The number of hydrogen-bond donors (Lipinski definition) is 0. The van der Waals surface area contributed by atoms with E-state index < -0.39 is 0 Å². The molecule has 10 aromatic rings. The third kappa shape index (κ3) is 3.32. The number of fused-ring (bicyclic) bond motifs is 10. The molecule has 45 heavy (non-hydrogen) atoms. The first-order valence-electron chi connectivity index (χ1n) is 15.2. The van der Waals surface area contributed by atoms with Crippen LogP contribution in [0.15, 0.2) is 152 Å². The maximum Gasteiger partial charge on any atom is 0.116 e. The van der Waals surface area contributed by atoms with Gasteiger partial charge in [-0.1, -0.05) is 78.9 Å². The number of rotatable bonds is 3. The van der Waals surface area contributed by atoms with Crippen molar-refractivity contribution in [2.24, 2.45) is 0 Å². The van der Waals surface area contributed by atoms with Crippen LogP contribution in [0, 0.1) is 0 Å². The quantitative estimate of drug-likeness (QED) is 0.210. The Balaban J connectivity index is 1.30. The third-order valence-electron chi connectivity index (χ3n) is 9.17. The molecule has 0 spiro atoms. The molecule has 4 heterocycles. The highest BCUT2D eigenvalue weighted by Gasteiger charge is 2.21. The van der Waals surface area contributed by atoms with Crippen molar-refractivity contribution in [2.75, 3.05) is 0 Å². The van der Waals surface area contributed by atoms with Crippen molar-refractivity contribution in [1.29, 1.82) is 0 Å². The van der Waals surface area contributed by atoms with Crippen molar-refractivity contribution in [3.63, 3.8) is 0 Å². The van der Waals surface area contributed by atoms with E-state index in [-0.39, 0.29) is 0 Å². The third-order valence-corrected chi connectivity index (χ3v) is 9.17. The molecule has 0 atom stereocenters. The van der Waals surface area contributed by atoms with E-state index in [0.29, 0.717) is 0 Å². The van der Waals surface area contributed by atoms with E-state index in [0.717, 1.165) is 39.0 Å². The van der Waals surface area contributed by atoms with Gasteiger partial charge in [0.15, 0.2) is 0 Å². The van der Waals surface area contributed by atoms with Gasteiger partial charge in [-0.15, -0.1) is 0 Å². The lowest BCUT2D eigenvalue weighted by atomic mass is 10.1. The second-order valence-electron chi connectivity index (χ2n) is 11.5. The summed E-state index contributed by atoms with van der Waals surface area (Å²) in [5.41, 5.74) is 11.2. The first-order chi connectivity index (χ1) is 22.4. The molecule has 210 valence electrons. The fourth-order valence-corrected chi connectivity index (χ4v) is 7.39. The fraction of sp³-hybridized carbons (Fsp3) is 0. The summed E-state index contributed by atoms with van der Waals surface area (Å²) in [7, 11) is 0. The maximum atomic E-state index is 4.65. The monoisotopic (exact) mass is 575 g/mol. The highest BCUT2D eigenvalue weighted by molar-refractivity contribution is 6.28. The molecule has 0 aliphatic heterocycles. The van der Waals surface area contributed by atoms with Crippen LogP contribution in [-0.2, 0) is 0 Å². The summed E-state index contributed by atoms with van der Waals surface area (Å²) in [6.07, 6.45) is 3.54. The standard InChI is InChI=1S/C40H25N5/c1-2-11-26(12-3-1)43-32-18-7-4-15-29(32)38-35(43)21-22-36-39(38)30-16-5-8-19-33(30)44(36)27-13-10-14-28(23-27)45-34-20-9-6-17-31(34)40-37(45)24-41-25-42-40/h1-25H. The number of hydrogen-bond acceptors (Lipinski definition) is 2. The summed E-state index contributed by atoms with van der Waals surface area (Å²) < 4.78 is 7.07. The molecule has 4 aromatic heterocycles. The summed E-state index contributed by atoms with van der Waals surface area (Å²) in [4.78, 5) is 9.04. The van der Waals surface area contributed by atoms with Gasteiger partial charge in [0.1, 0.15) is 6.33 Å². The number of nitrogens with zero attached hydrogens (tertiary/aromatic N) is 5. The van der Waals surface area contributed by atoms with E-state index in [2.05, 4.69) is 163 Å². The van der Waals surface area contributed by atoms with Gasteiger partial charge in [-0.3, -0.25) is 0 Å². The van der Waals surface area contributed by atoms with Crippen LogP contribution in [0.25, 0.3) is 82.6 Å². The van der Waals surface area contributed by atoms with E-state index in [9.17, 15) is 0 Å². The van der Waals surface area contributed by atoms with Crippen LogP contribution in [0.2, 0.25) is 0 Å². The van der Waals surface area contributed by atoms with E-state index in [1.165, 1.54) is 43.6 Å². The minimum Gasteiger partial charge on any atom is -0.309 e. The molecule has 0 aliphatic carbocycles. The molecule has 5 heteroatoms. The van der Waals surface area contributed by atoms with Crippen molar-refractivity contribution < 1.29 is 0 Å². The highest BCUT2D eigenvalue weighted by Crippen LogP contribution is 2.42. The zero-order chi connectivity index (χ0) is 29.5. The number of para-hydroxylation sites is 4. The Kier molecular flexibility index (Phi) is 4.93. The summed E-state index contributed by atoms with van der Waals surface area (Å²) in [6.45, 7) is 0. The van der Waals surface area contributed by atoms with Crippen LogP contribution < -0.4 is 0 Å². The van der Waals surface area contributed by atoms with E-state index >= 15 is 0 Å². The van der Waals surface area contributed by atoms with Crippen LogP contribution in [-0.4, -0.2) is 23.7 Å². The first kappa shape index (κ1) is 24.3. The topological polar surface area (TPSA) is 40.6 Å². The van der Waals surface area contributed by atoms with Crippen LogP contribution in [0.3, 0.4) is 0 Å². The molecule has 0 fully saturated rings. The van der Waals surface area contributed by atoms with Crippen molar-refractivity contribution in [1.82, 2.24) is 23.7 Å². The van der Waals surface area contributed by atoms with E-state index in [1.54, 1.807) is 6.33 Å². The average molecular weight is 576 g/mol. The average Bonchev–Trinajstić information content (AvgIpc) is 3.74. The van der Waals surface area contributed by atoms with Crippen LogP contribution in [0.4, 0.5) is 0 Å². The highest BCUT2D eigenvalue weighted by atomic mass is 15.0. The Labute approximate surface area is 257 Å². The second-order valence-corrected chi connectivity index (χ2v) is 11.5. The molecule has 0 bridgehead atoms.